The number of carbonyl (C=O) groups excluding carboxylic acids is 1. The van der Waals surface area contributed by atoms with Crippen molar-refractivity contribution in [1.82, 2.24) is 10.6 Å². The summed E-state index contributed by atoms with van der Waals surface area (Å²) < 4.78 is 23.6. The van der Waals surface area contributed by atoms with Gasteiger partial charge in [0.05, 0.1) is 20.1 Å². The number of rotatable bonds is 9. The smallest absolute Gasteiger partial charge is 0.307 e. The summed E-state index contributed by atoms with van der Waals surface area (Å²) in [6.07, 6.45) is 0.835. The number of hydrogen-bond acceptors (Lipinski definition) is 4. The second kappa shape index (κ2) is 11.3. The molecule has 1 rings (SSSR count). The van der Waals surface area contributed by atoms with E-state index in [-0.39, 0.29) is 24.3 Å². The maximum Gasteiger partial charge on any atom is 0.307 e. The molecule has 0 aromatic heterocycles. The molecule has 0 aliphatic carbocycles. The minimum absolute atomic E-state index is 0.164. The van der Waals surface area contributed by atoms with Crippen molar-refractivity contribution in [3.8, 4) is 5.75 Å². The van der Waals surface area contributed by atoms with Crippen molar-refractivity contribution in [2.45, 2.75) is 32.8 Å². The van der Waals surface area contributed by atoms with Crippen molar-refractivity contribution in [3.05, 3.63) is 30.1 Å². The Bertz CT molecular complexity index is 538. The van der Waals surface area contributed by atoms with Crippen LogP contribution in [0.25, 0.3) is 0 Å². The van der Waals surface area contributed by atoms with Crippen molar-refractivity contribution in [2.75, 3.05) is 26.7 Å². The van der Waals surface area contributed by atoms with E-state index in [1.54, 1.807) is 12.1 Å². The summed E-state index contributed by atoms with van der Waals surface area (Å²) in [5.41, 5.74) is 0. The predicted octanol–water partition coefficient (Wildman–Crippen LogP) is 2.10. The van der Waals surface area contributed by atoms with Crippen molar-refractivity contribution < 1.29 is 18.7 Å². The number of esters is 1. The third-order valence-electron chi connectivity index (χ3n) is 3.20. The van der Waals surface area contributed by atoms with E-state index in [0.29, 0.717) is 31.3 Å². The van der Waals surface area contributed by atoms with Gasteiger partial charge in [-0.25, -0.2) is 9.38 Å². The number of hydrogen-bond donors (Lipinski definition) is 2. The van der Waals surface area contributed by atoms with E-state index >= 15 is 0 Å². The largest absolute Gasteiger partial charge is 0.488 e. The van der Waals surface area contributed by atoms with Gasteiger partial charge in [-0.05, 0) is 25.5 Å². The van der Waals surface area contributed by atoms with E-state index in [9.17, 15) is 9.18 Å². The van der Waals surface area contributed by atoms with Gasteiger partial charge in [0.15, 0.2) is 5.96 Å². The van der Waals surface area contributed by atoms with Crippen LogP contribution in [0.4, 0.5) is 4.39 Å². The zero-order chi connectivity index (χ0) is 17.8. The van der Waals surface area contributed by atoms with Gasteiger partial charge >= 0.3 is 5.97 Å². The molecule has 0 fully saturated rings. The average molecular weight is 339 g/mol. The minimum atomic E-state index is -0.330. The lowest BCUT2D eigenvalue weighted by molar-refractivity contribution is -0.140. The lowest BCUT2D eigenvalue weighted by Crippen LogP contribution is -2.39. The molecule has 0 saturated heterocycles. The number of methoxy groups -OCH3 is 1. The summed E-state index contributed by atoms with van der Waals surface area (Å²) in [6.45, 7) is 5.49. The minimum Gasteiger partial charge on any atom is -0.488 e. The molecule has 0 saturated carbocycles. The molecule has 6 nitrogen and oxygen atoms in total. The normalized spacial score (nSPS) is 12.4. The SMILES string of the molecule is CCNC(=NCC(CC)Oc1cccc(F)c1)NCCC(=O)OC. The number of benzene rings is 1. The molecule has 134 valence electrons. The van der Waals surface area contributed by atoms with Crippen LogP contribution in [0.3, 0.4) is 0 Å². The molecule has 1 unspecified atom stereocenters. The molecule has 1 atom stereocenters. The molecule has 1 aromatic carbocycles. The first kappa shape index (κ1) is 19.7. The van der Waals surface area contributed by atoms with Gasteiger partial charge in [-0.15, -0.1) is 0 Å². The molecule has 24 heavy (non-hydrogen) atoms. The molecule has 1 aromatic rings. The molecule has 0 spiro atoms. The number of halogens is 1. The molecule has 2 N–H and O–H groups in total. The predicted molar refractivity (Wildman–Crippen MR) is 91.7 cm³/mol. The van der Waals surface area contributed by atoms with Crippen molar-refractivity contribution >= 4 is 11.9 Å². The fraction of sp³-hybridized carbons (Fsp3) is 0.529. The summed E-state index contributed by atoms with van der Waals surface area (Å²) in [6, 6.07) is 6.06. The van der Waals surface area contributed by atoms with Gasteiger partial charge in [0.1, 0.15) is 17.7 Å². The molecule has 0 aliphatic rings. The first-order valence-corrected chi connectivity index (χ1v) is 8.10. The van der Waals surface area contributed by atoms with Crippen molar-refractivity contribution in [1.29, 1.82) is 0 Å². The summed E-state index contributed by atoms with van der Waals surface area (Å²) in [7, 11) is 1.36. The van der Waals surface area contributed by atoms with E-state index in [1.165, 1.54) is 19.2 Å². The third kappa shape index (κ3) is 7.80. The number of guanidine groups is 1. The highest BCUT2D eigenvalue weighted by atomic mass is 19.1. The van der Waals surface area contributed by atoms with E-state index in [2.05, 4.69) is 20.4 Å². The molecule has 0 heterocycles. The summed E-state index contributed by atoms with van der Waals surface area (Å²) in [4.78, 5) is 15.6. The maximum absolute atomic E-state index is 13.2. The Morgan fingerprint density at radius 2 is 2.12 bits per heavy atom. The fourth-order valence-corrected chi connectivity index (χ4v) is 1.90. The van der Waals surface area contributed by atoms with Crippen LogP contribution in [-0.2, 0) is 9.53 Å². The van der Waals surface area contributed by atoms with Crippen LogP contribution in [0.2, 0.25) is 0 Å². The van der Waals surface area contributed by atoms with Gasteiger partial charge in [0.25, 0.3) is 0 Å². The highest BCUT2D eigenvalue weighted by Crippen LogP contribution is 2.15. The van der Waals surface area contributed by atoms with E-state index in [0.717, 1.165) is 6.42 Å². The second-order valence-corrected chi connectivity index (χ2v) is 5.08. The number of carbonyl (C=O) groups is 1. The van der Waals surface area contributed by atoms with E-state index in [4.69, 9.17) is 4.74 Å². The quantitative estimate of drug-likeness (QED) is 0.409. The first-order valence-electron chi connectivity index (χ1n) is 8.10. The highest BCUT2D eigenvalue weighted by Gasteiger charge is 2.09. The Labute approximate surface area is 142 Å². The molecule has 7 heteroatoms. The van der Waals surface area contributed by atoms with E-state index < -0.39 is 0 Å². The van der Waals surface area contributed by atoms with Crippen LogP contribution in [0.15, 0.2) is 29.3 Å². The van der Waals surface area contributed by atoms with Crippen LogP contribution in [0.1, 0.15) is 26.7 Å². The lowest BCUT2D eigenvalue weighted by atomic mass is 10.2. The molecular weight excluding hydrogens is 313 g/mol. The summed E-state index contributed by atoms with van der Waals surface area (Å²) in [5.74, 6) is 0.478. The van der Waals surface area contributed by atoms with Gasteiger partial charge in [0.2, 0.25) is 0 Å². The van der Waals surface area contributed by atoms with Crippen LogP contribution in [0, 0.1) is 5.82 Å². The number of nitrogens with one attached hydrogen (secondary N) is 2. The second-order valence-electron chi connectivity index (χ2n) is 5.08. The molecule has 0 aliphatic heterocycles. The summed E-state index contributed by atoms with van der Waals surface area (Å²) in [5, 5.41) is 6.16. The van der Waals surface area contributed by atoms with Crippen LogP contribution in [-0.4, -0.2) is 44.8 Å². The van der Waals surface area contributed by atoms with Crippen LogP contribution in [0.5, 0.6) is 5.75 Å². The first-order chi connectivity index (χ1) is 11.6. The monoisotopic (exact) mass is 339 g/mol. The van der Waals surface area contributed by atoms with Crippen LogP contribution >= 0.6 is 0 Å². The number of nitrogens with zero attached hydrogens (tertiary/aromatic N) is 1. The number of aliphatic imine (C=N–C) groups is 1. The number of ether oxygens (including phenoxy) is 2. The van der Waals surface area contributed by atoms with Gasteiger partial charge < -0.3 is 20.1 Å². The van der Waals surface area contributed by atoms with E-state index in [1.807, 2.05) is 13.8 Å². The standard InChI is InChI=1S/C17H26FN3O3/c1-4-14(24-15-8-6-7-13(18)11-15)12-21-17(19-5-2)20-10-9-16(22)23-3/h6-8,11,14H,4-5,9-10,12H2,1-3H3,(H2,19,20,21). The lowest BCUT2D eigenvalue weighted by Gasteiger charge is -2.17. The van der Waals surface area contributed by atoms with Gasteiger partial charge in [-0.1, -0.05) is 13.0 Å². The maximum atomic E-state index is 13.2. The zero-order valence-corrected chi connectivity index (χ0v) is 14.5. The molecule has 0 bridgehead atoms. The Morgan fingerprint density at radius 1 is 1.33 bits per heavy atom. The van der Waals surface area contributed by atoms with Crippen LogP contribution < -0.4 is 15.4 Å². The van der Waals surface area contributed by atoms with Gasteiger partial charge in [-0.2, -0.15) is 0 Å². The Kier molecular flexibility index (Phi) is 9.26. The van der Waals surface area contributed by atoms with Gasteiger partial charge in [0, 0.05) is 19.2 Å². The summed E-state index contributed by atoms with van der Waals surface area (Å²) >= 11 is 0. The average Bonchev–Trinajstić information content (AvgIpc) is 2.58. The zero-order valence-electron chi connectivity index (χ0n) is 14.5. The highest BCUT2D eigenvalue weighted by molar-refractivity contribution is 5.80. The molecule has 0 amide bonds. The molecular formula is C17H26FN3O3. The van der Waals surface area contributed by atoms with Gasteiger partial charge in [-0.3, -0.25) is 4.79 Å². The Balaban J connectivity index is 2.56. The van der Waals surface area contributed by atoms with Crippen molar-refractivity contribution in [3.63, 3.8) is 0 Å². The Morgan fingerprint density at radius 3 is 2.75 bits per heavy atom. The Hall–Kier alpha value is -2.31. The topological polar surface area (TPSA) is 72.0 Å². The third-order valence-corrected chi connectivity index (χ3v) is 3.20. The molecule has 0 radical (unpaired) electrons. The fourth-order valence-electron chi connectivity index (χ4n) is 1.90. The van der Waals surface area contributed by atoms with Crippen molar-refractivity contribution in [2.24, 2.45) is 4.99 Å².